The number of hydrazine groups is 1. The predicted octanol–water partition coefficient (Wildman–Crippen LogP) is 6.13. The molecule has 0 unspecified atom stereocenters. The van der Waals surface area contributed by atoms with Crippen molar-refractivity contribution >= 4 is 69.4 Å². The van der Waals surface area contributed by atoms with Crippen LogP contribution in [0.15, 0.2) is 71.6 Å². The highest BCUT2D eigenvalue weighted by Crippen LogP contribution is 2.34. The number of benzene rings is 3. The minimum Gasteiger partial charge on any atom is -0.493 e. The lowest BCUT2D eigenvalue weighted by Gasteiger charge is -2.15. The van der Waals surface area contributed by atoms with E-state index in [4.69, 9.17) is 44.9 Å². The van der Waals surface area contributed by atoms with Crippen molar-refractivity contribution in [3.63, 3.8) is 0 Å². The van der Waals surface area contributed by atoms with E-state index in [0.717, 1.165) is 22.3 Å². The summed E-state index contributed by atoms with van der Waals surface area (Å²) in [5.74, 6) is 0.156. The van der Waals surface area contributed by atoms with E-state index >= 15 is 0 Å². The van der Waals surface area contributed by atoms with Crippen LogP contribution in [0.1, 0.15) is 21.5 Å². The number of nitrogens with one attached hydrogen (secondary N) is 1. The maximum atomic E-state index is 12.9. The number of ether oxygens (including phenoxy) is 2. The first-order valence-corrected chi connectivity index (χ1v) is 12.2. The third-order valence-corrected chi connectivity index (χ3v) is 6.82. The normalized spacial score (nSPS) is 14.4. The Balaban J connectivity index is 1.47. The van der Waals surface area contributed by atoms with Crippen molar-refractivity contribution in [2.75, 3.05) is 7.11 Å². The van der Waals surface area contributed by atoms with Gasteiger partial charge in [-0.25, -0.2) is 0 Å². The zero-order valence-electron chi connectivity index (χ0n) is 18.3. The summed E-state index contributed by atoms with van der Waals surface area (Å²) in [4.78, 5) is 25.7. The third-order valence-electron chi connectivity index (χ3n) is 4.93. The molecule has 1 aliphatic rings. The Morgan fingerprint density at radius 3 is 2.57 bits per heavy atom. The second kappa shape index (κ2) is 11.1. The summed E-state index contributed by atoms with van der Waals surface area (Å²) in [5.41, 5.74) is 4.47. The Morgan fingerprint density at radius 1 is 1.09 bits per heavy atom. The van der Waals surface area contributed by atoms with Crippen LogP contribution in [0.2, 0.25) is 10.0 Å². The average Bonchev–Trinajstić information content (AvgIpc) is 3.11. The number of halogens is 2. The van der Waals surface area contributed by atoms with Crippen molar-refractivity contribution in [3.8, 4) is 11.5 Å². The fraction of sp³-hybridized carbons (Fsp3) is 0.0800. The van der Waals surface area contributed by atoms with E-state index in [-0.39, 0.29) is 10.9 Å². The molecule has 0 radical (unpaired) electrons. The molecular formula is C25H18Cl2N2O4S2. The molecule has 6 nitrogen and oxygen atoms in total. The van der Waals surface area contributed by atoms with Gasteiger partial charge in [0.25, 0.3) is 11.8 Å². The molecule has 0 aliphatic carbocycles. The number of amides is 2. The van der Waals surface area contributed by atoms with Crippen molar-refractivity contribution in [1.29, 1.82) is 0 Å². The predicted molar refractivity (Wildman–Crippen MR) is 143 cm³/mol. The molecule has 2 amide bonds. The Morgan fingerprint density at radius 2 is 1.86 bits per heavy atom. The highest BCUT2D eigenvalue weighted by Gasteiger charge is 2.33. The third kappa shape index (κ3) is 5.97. The molecule has 0 bridgehead atoms. The summed E-state index contributed by atoms with van der Waals surface area (Å²) >= 11 is 18.6. The van der Waals surface area contributed by atoms with Gasteiger partial charge in [-0.15, -0.1) is 0 Å². The monoisotopic (exact) mass is 544 g/mol. The number of nitrogens with zero attached hydrogens (tertiary/aromatic N) is 1. The lowest BCUT2D eigenvalue weighted by atomic mass is 10.2. The highest BCUT2D eigenvalue weighted by atomic mass is 35.5. The largest absolute Gasteiger partial charge is 0.493 e. The van der Waals surface area contributed by atoms with E-state index in [1.165, 1.54) is 7.11 Å². The number of rotatable bonds is 7. The van der Waals surface area contributed by atoms with E-state index in [1.54, 1.807) is 72.8 Å². The first-order chi connectivity index (χ1) is 16.9. The van der Waals surface area contributed by atoms with Crippen LogP contribution in [-0.2, 0) is 11.4 Å². The van der Waals surface area contributed by atoms with Gasteiger partial charge in [0.1, 0.15) is 6.61 Å². The first-order valence-electron chi connectivity index (χ1n) is 10.2. The van der Waals surface area contributed by atoms with Crippen LogP contribution in [0.4, 0.5) is 0 Å². The van der Waals surface area contributed by atoms with Crippen molar-refractivity contribution in [3.05, 3.63) is 98.4 Å². The molecule has 1 saturated heterocycles. The SMILES string of the molecule is COc1cc(/C=C2/SC(=S)N(NC(=O)c3ccccc3)C2=O)ccc1OCc1ccc(Cl)cc1Cl. The molecule has 0 spiro atoms. The second-order valence-electron chi connectivity index (χ2n) is 7.26. The number of thiocarbonyl (C=S) groups is 1. The minimum absolute atomic E-state index is 0.228. The maximum absolute atomic E-state index is 12.9. The summed E-state index contributed by atoms with van der Waals surface area (Å²) < 4.78 is 11.6. The molecular weight excluding hydrogens is 527 g/mol. The molecule has 1 aliphatic heterocycles. The van der Waals surface area contributed by atoms with E-state index in [2.05, 4.69) is 5.43 Å². The fourth-order valence-electron chi connectivity index (χ4n) is 3.16. The number of hydrogen-bond donors (Lipinski definition) is 1. The van der Waals surface area contributed by atoms with E-state index in [1.807, 2.05) is 0 Å². The van der Waals surface area contributed by atoms with Crippen molar-refractivity contribution in [2.45, 2.75) is 6.61 Å². The summed E-state index contributed by atoms with van der Waals surface area (Å²) in [7, 11) is 1.53. The van der Waals surface area contributed by atoms with Crippen LogP contribution in [0, 0.1) is 0 Å². The molecule has 0 atom stereocenters. The van der Waals surface area contributed by atoms with Crippen LogP contribution in [-0.4, -0.2) is 28.3 Å². The molecule has 10 heteroatoms. The molecule has 35 heavy (non-hydrogen) atoms. The van der Waals surface area contributed by atoms with Gasteiger partial charge in [0.15, 0.2) is 15.8 Å². The van der Waals surface area contributed by atoms with Gasteiger partial charge in [-0.2, -0.15) is 5.01 Å². The molecule has 178 valence electrons. The van der Waals surface area contributed by atoms with Crippen molar-refractivity contribution < 1.29 is 19.1 Å². The standard InChI is InChI=1S/C25H18Cl2N2O4S2/c1-32-21-11-15(7-10-20(21)33-14-17-8-9-18(26)13-19(17)27)12-22-24(31)29(25(34)35-22)28-23(30)16-5-3-2-4-6-16/h2-13H,14H2,1H3,(H,28,30)/b22-12+. The van der Waals surface area contributed by atoms with Crippen LogP contribution in [0.25, 0.3) is 6.08 Å². The van der Waals surface area contributed by atoms with Gasteiger partial charge in [0.05, 0.1) is 12.0 Å². The molecule has 1 N–H and O–H groups in total. The van der Waals surface area contributed by atoms with Gasteiger partial charge < -0.3 is 9.47 Å². The van der Waals surface area contributed by atoms with E-state index in [0.29, 0.717) is 37.6 Å². The Hall–Kier alpha value is -3.04. The number of carbonyl (C=O) groups excluding carboxylic acids is 2. The van der Waals surface area contributed by atoms with Gasteiger partial charge in [0, 0.05) is 21.2 Å². The van der Waals surface area contributed by atoms with Crippen molar-refractivity contribution in [2.24, 2.45) is 0 Å². The van der Waals surface area contributed by atoms with Crippen LogP contribution >= 0.6 is 47.2 Å². The number of carbonyl (C=O) groups is 2. The molecule has 1 fully saturated rings. The van der Waals surface area contributed by atoms with Gasteiger partial charge in [-0.1, -0.05) is 65.3 Å². The van der Waals surface area contributed by atoms with E-state index < -0.39 is 11.8 Å². The number of thioether (sulfide) groups is 1. The first kappa shape index (κ1) is 25.1. The molecule has 3 aromatic rings. The Kier molecular flexibility index (Phi) is 7.97. The van der Waals surface area contributed by atoms with Crippen LogP contribution in [0.5, 0.6) is 11.5 Å². The molecule has 0 aromatic heterocycles. The Labute approximate surface area is 221 Å². The molecule has 3 aromatic carbocycles. The molecule has 4 rings (SSSR count). The lowest BCUT2D eigenvalue weighted by Crippen LogP contribution is -2.44. The zero-order valence-corrected chi connectivity index (χ0v) is 21.4. The van der Waals surface area contributed by atoms with Crippen LogP contribution in [0.3, 0.4) is 0 Å². The highest BCUT2D eigenvalue weighted by molar-refractivity contribution is 8.26. The van der Waals surface area contributed by atoms with Gasteiger partial charge in [0.2, 0.25) is 0 Å². The summed E-state index contributed by atoms with van der Waals surface area (Å²) in [6.45, 7) is 0.228. The maximum Gasteiger partial charge on any atom is 0.285 e. The number of hydrogen-bond acceptors (Lipinski definition) is 6. The van der Waals surface area contributed by atoms with Gasteiger partial charge in [-0.3, -0.25) is 15.0 Å². The fourth-order valence-corrected chi connectivity index (χ4v) is 4.80. The molecule has 1 heterocycles. The average molecular weight is 545 g/mol. The van der Waals surface area contributed by atoms with Gasteiger partial charge in [-0.05, 0) is 60.3 Å². The second-order valence-corrected chi connectivity index (χ2v) is 9.78. The number of methoxy groups -OCH3 is 1. The smallest absolute Gasteiger partial charge is 0.285 e. The summed E-state index contributed by atoms with van der Waals surface area (Å²) in [5, 5.41) is 2.13. The summed E-state index contributed by atoms with van der Waals surface area (Å²) in [6, 6.07) is 19.1. The minimum atomic E-state index is -0.424. The van der Waals surface area contributed by atoms with Crippen LogP contribution < -0.4 is 14.9 Å². The quantitative estimate of drug-likeness (QED) is 0.285. The van der Waals surface area contributed by atoms with Crippen molar-refractivity contribution in [1.82, 2.24) is 10.4 Å². The van der Waals surface area contributed by atoms with E-state index in [9.17, 15) is 9.59 Å². The summed E-state index contributed by atoms with van der Waals surface area (Å²) in [6.07, 6.45) is 1.68. The lowest BCUT2D eigenvalue weighted by molar-refractivity contribution is -0.123. The topological polar surface area (TPSA) is 67.9 Å². The molecule has 0 saturated carbocycles. The Bertz CT molecular complexity index is 1330. The zero-order chi connectivity index (χ0) is 24.9. The van der Waals surface area contributed by atoms with Gasteiger partial charge >= 0.3 is 0 Å².